The van der Waals surface area contributed by atoms with Crippen LogP contribution in [-0.2, 0) is 19.7 Å². The van der Waals surface area contributed by atoms with Gasteiger partial charge in [0.25, 0.3) is 10.1 Å². The molecule has 0 bridgehead atoms. The number of carbonyl (C=O) groups is 2. The molecule has 0 heterocycles. The van der Waals surface area contributed by atoms with Crippen LogP contribution >= 0.6 is 0 Å². The molecule has 0 spiro atoms. The average Bonchev–Trinajstić information content (AvgIpc) is 1.97. The highest BCUT2D eigenvalue weighted by molar-refractivity contribution is 7.91. The van der Waals surface area contributed by atoms with Crippen molar-refractivity contribution in [1.29, 1.82) is 0 Å². The van der Waals surface area contributed by atoms with E-state index in [0.717, 1.165) is 6.08 Å². The minimum Gasteiger partial charge on any atom is -0.289 e. The third-order valence-electron chi connectivity index (χ3n) is 1.87. The van der Waals surface area contributed by atoms with E-state index in [0.29, 0.717) is 0 Å². The third kappa shape index (κ3) is 1.66. The van der Waals surface area contributed by atoms with Crippen molar-refractivity contribution in [2.75, 3.05) is 0 Å². The van der Waals surface area contributed by atoms with E-state index >= 15 is 0 Å². The van der Waals surface area contributed by atoms with Crippen molar-refractivity contribution in [3.63, 3.8) is 0 Å². The van der Waals surface area contributed by atoms with Crippen molar-refractivity contribution >= 4 is 21.7 Å². The summed E-state index contributed by atoms with van der Waals surface area (Å²) in [5.41, 5.74) is -0.0719. The summed E-state index contributed by atoms with van der Waals surface area (Å²) in [6, 6.07) is 0. The maximum Gasteiger partial charge on any atom is 0.298 e. The van der Waals surface area contributed by atoms with E-state index in [2.05, 4.69) is 0 Å². The maximum absolute atomic E-state index is 11.3. The molecule has 0 atom stereocenters. The maximum atomic E-state index is 11.3. The van der Waals surface area contributed by atoms with Crippen molar-refractivity contribution in [2.45, 2.75) is 13.8 Å². The van der Waals surface area contributed by atoms with Crippen molar-refractivity contribution in [3.05, 3.63) is 22.1 Å². The van der Waals surface area contributed by atoms with E-state index in [4.69, 9.17) is 4.55 Å². The lowest BCUT2D eigenvalue weighted by atomic mass is 9.98. The zero-order valence-corrected chi connectivity index (χ0v) is 8.38. The van der Waals surface area contributed by atoms with Crippen LogP contribution in [0.2, 0.25) is 0 Å². The van der Waals surface area contributed by atoms with Gasteiger partial charge in [0.2, 0.25) is 0 Å². The Kier molecular flexibility index (Phi) is 2.43. The zero-order valence-electron chi connectivity index (χ0n) is 7.57. The fraction of sp³-hybridized carbons (Fsp3) is 0.250. The van der Waals surface area contributed by atoms with Gasteiger partial charge in [-0.25, -0.2) is 0 Å². The molecular weight excluding hydrogens is 208 g/mol. The minimum absolute atomic E-state index is 0.167. The number of hydrogen-bond acceptors (Lipinski definition) is 4. The summed E-state index contributed by atoms with van der Waals surface area (Å²) < 4.78 is 30.2. The van der Waals surface area contributed by atoms with Gasteiger partial charge in [-0.3, -0.25) is 14.1 Å². The van der Waals surface area contributed by atoms with Gasteiger partial charge in [0, 0.05) is 11.1 Å². The first-order valence-electron chi connectivity index (χ1n) is 3.71. The predicted octanol–water partition coefficient (Wildman–Crippen LogP) is 0.246. The molecule has 0 saturated carbocycles. The van der Waals surface area contributed by atoms with Crippen molar-refractivity contribution < 1.29 is 22.6 Å². The average molecular weight is 216 g/mol. The second kappa shape index (κ2) is 3.14. The molecule has 0 aromatic heterocycles. The van der Waals surface area contributed by atoms with Crippen LogP contribution in [0.4, 0.5) is 0 Å². The van der Waals surface area contributed by atoms with Crippen LogP contribution in [0.15, 0.2) is 22.1 Å². The molecule has 1 aliphatic carbocycles. The Labute approximate surface area is 80.9 Å². The summed E-state index contributed by atoms with van der Waals surface area (Å²) in [5.74, 6) is -1.40. The van der Waals surface area contributed by atoms with Crippen LogP contribution in [0, 0.1) is 0 Å². The Hall–Kier alpha value is -1.27. The molecule has 0 aliphatic heterocycles. The Bertz CT molecular complexity index is 478. The lowest BCUT2D eigenvalue weighted by Crippen LogP contribution is -2.21. The standard InChI is InChI=1S/C8H8O5S/c1-4-3-6(9)8(14(11,12)13)5(2)7(4)10/h3H,1-2H3,(H,11,12,13). The normalized spacial score (nSPS) is 18.6. The lowest BCUT2D eigenvalue weighted by molar-refractivity contribution is -0.115. The highest BCUT2D eigenvalue weighted by Gasteiger charge is 2.31. The molecular formula is C8H8O5S. The lowest BCUT2D eigenvalue weighted by Gasteiger charge is -2.11. The fourth-order valence-corrected chi connectivity index (χ4v) is 2.02. The third-order valence-corrected chi connectivity index (χ3v) is 2.89. The van der Waals surface area contributed by atoms with Gasteiger partial charge in [0.1, 0.15) is 4.91 Å². The van der Waals surface area contributed by atoms with Crippen LogP contribution < -0.4 is 0 Å². The molecule has 5 nitrogen and oxygen atoms in total. The molecule has 0 saturated heterocycles. The molecule has 0 amide bonds. The molecule has 0 unspecified atom stereocenters. The Morgan fingerprint density at radius 1 is 1.21 bits per heavy atom. The predicted molar refractivity (Wildman–Crippen MR) is 48.0 cm³/mol. The number of Topliss-reactive ketones (excluding diaryl/α,β-unsaturated/α-hetero) is 1. The van der Waals surface area contributed by atoms with Crippen molar-refractivity contribution in [3.8, 4) is 0 Å². The van der Waals surface area contributed by atoms with E-state index in [-0.39, 0.29) is 11.1 Å². The van der Waals surface area contributed by atoms with Gasteiger partial charge in [-0.05, 0) is 19.9 Å². The summed E-state index contributed by atoms with van der Waals surface area (Å²) in [4.78, 5) is 21.6. The first-order chi connectivity index (χ1) is 6.25. The van der Waals surface area contributed by atoms with E-state index in [1.807, 2.05) is 0 Å². The molecule has 0 fully saturated rings. The Morgan fingerprint density at radius 2 is 1.71 bits per heavy atom. The van der Waals surface area contributed by atoms with Gasteiger partial charge < -0.3 is 0 Å². The monoisotopic (exact) mass is 216 g/mol. The summed E-state index contributed by atoms with van der Waals surface area (Å²) in [6.45, 7) is 2.60. The molecule has 1 N–H and O–H groups in total. The number of hydrogen-bond donors (Lipinski definition) is 1. The van der Waals surface area contributed by atoms with E-state index < -0.39 is 26.6 Å². The number of allylic oxidation sites excluding steroid dienone is 4. The summed E-state index contributed by atoms with van der Waals surface area (Å²) in [5, 5.41) is 0. The molecule has 1 aliphatic rings. The highest BCUT2D eigenvalue weighted by Crippen LogP contribution is 2.21. The number of carbonyl (C=O) groups excluding carboxylic acids is 2. The van der Waals surface area contributed by atoms with Gasteiger partial charge in [-0.15, -0.1) is 0 Å². The van der Waals surface area contributed by atoms with Gasteiger partial charge in [0.05, 0.1) is 0 Å². The first-order valence-corrected chi connectivity index (χ1v) is 5.15. The number of ketones is 2. The van der Waals surface area contributed by atoms with Gasteiger partial charge in [-0.1, -0.05) is 0 Å². The summed E-state index contributed by atoms with van der Waals surface area (Å²) in [7, 11) is -4.62. The minimum atomic E-state index is -4.62. The van der Waals surface area contributed by atoms with Crippen LogP contribution in [0.1, 0.15) is 13.8 Å². The largest absolute Gasteiger partial charge is 0.298 e. The summed E-state index contributed by atoms with van der Waals surface area (Å²) in [6.07, 6.45) is 0.901. The smallest absolute Gasteiger partial charge is 0.289 e. The van der Waals surface area contributed by atoms with Crippen LogP contribution in [-0.4, -0.2) is 24.5 Å². The van der Waals surface area contributed by atoms with E-state index in [1.165, 1.54) is 13.8 Å². The SMILES string of the molecule is CC1=CC(=O)C(S(=O)(=O)O)=C(C)C1=O. The van der Waals surface area contributed by atoms with Gasteiger partial charge in [-0.2, -0.15) is 8.42 Å². The fourth-order valence-electron chi connectivity index (χ4n) is 1.23. The van der Waals surface area contributed by atoms with E-state index in [9.17, 15) is 18.0 Å². The Morgan fingerprint density at radius 3 is 2.14 bits per heavy atom. The Balaban J connectivity index is 3.47. The first kappa shape index (κ1) is 10.8. The second-order valence-electron chi connectivity index (χ2n) is 2.95. The summed E-state index contributed by atoms with van der Waals surface area (Å²) >= 11 is 0. The molecule has 0 radical (unpaired) electrons. The van der Waals surface area contributed by atoms with Gasteiger partial charge >= 0.3 is 0 Å². The molecule has 1 rings (SSSR count). The molecule has 76 valence electrons. The molecule has 0 aromatic rings. The zero-order chi connectivity index (χ0) is 11.1. The van der Waals surface area contributed by atoms with Crippen molar-refractivity contribution in [2.24, 2.45) is 0 Å². The van der Waals surface area contributed by atoms with Crippen LogP contribution in [0.25, 0.3) is 0 Å². The number of rotatable bonds is 1. The topological polar surface area (TPSA) is 88.5 Å². The molecule has 14 heavy (non-hydrogen) atoms. The molecule has 6 heteroatoms. The van der Waals surface area contributed by atoms with Crippen LogP contribution in [0.5, 0.6) is 0 Å². The molecule has 0 aromatic carbocycles. The highest BCUT2D eigenvalue weighted by atomic mass is 32.2. The quantitative estimate of drug-likeness (QED) is 0.501. The van der Waals surface area contributed by atoms with Crippen molar-refractivity contribution in [1.82, 2.24) is 0 Å². The van der Waals surface area contributed by atoms with Gasteiger partial charge in [0.15, 0.2) is 11.6 Å². The van der Waals surface area contributed by atoms with E-state index in [1.54, 1.807) is 0 Å². The van der Waals surface area contributed by atoms with Crippen LogP contribution in [0.3, 0.4) is 0 Å². The second-order valence-corrected chi connectivity index (χ2v) is 4.31.